The zero-order chi connectivity index (χ0) is 19.6. The Hall–Kier alpha value is -2.74. The second-order valence-corrected chi connectivity index (χ2v) is 7.43. The fraction of sp³-hybridized carbons (Fsp3) is 0.318. The molecule has 1 aliphatic heterocycles. The molecule has 1 saturated heterocycles. The third kappa shape index (κ3) is 3.96. The van der Waals surface area contributed by atoms with Crippen LogP contribution in [0.3, 0.4) is 0 Å². The minimum atomic E-state index is 0. The van der Waals surface area contributed by atoms with Crippen LogP contribution in [0.1, 0.15) is 23.6 Å². The predicted octanol–water partition coefficient (Wildman–Crippen LogP) is 3.19. The van der Waals surface area contributed by atoms with Crippen LogP contribution in [0, 0.1) is 0 Å². The molecule has 7 nitrogen and oxygen atoms in total. The summed E-state index contributed by atoms with van der Waals surface area (Å²) < 4.78 is 7.77. The van der Waals surface area contributed by atoms with Crippen LogP contribution in [-0.2, 0) is 12.8 Å². The highest BCUT2D eigenvalue weighted by Crippen LogP contribution is 2.23. The first-order valence-electron chi connectivity index (χ1n) is 10.0. The van der Waals surface area contributed by atoms with E-state index in [2.05, 4.69) is 56.2 Å². The highest BCUT2D eigenvalue weighted by molar-refractivity contribution is 5.85. The maximum absolute atomic E-state index is 5.56. The second-order valence-electron chi connectivity index (χ2n) is 7.43. The van der Waals surface area contributed by atoms with Crippen LogP contribution in [0.2, 0.25) is 0 Å². The van der Waals surface area contributed by atoms with Crippen molar-refractivity contribution < 1.29 is 4.52 Å². The number of benzene rings is 2. The number of piperazine rings is 1. The van der Waals surface area contributed by atoms with E-state index in [9.17, 15) is 0 Å². The summed E-state index contributed by atoms with van der Waals surface area (Å²) in [5.41, 5.74) is 3.21. The molecule has 1 atom stereocenters. The number of aryl methyl sites for hydroxylation is 2. The van der Waals surface area contributed by atoms with Gasteiger partial charge in [0.25, 0.3) is 0 Å². The first-order valence-corrected chi connectivity index (χ1v) is 10.0. The summed E-state index contributed by atoms with van der Waals surface area (Å²) in [5, 5.41) is 7.63. The first-order chi connectivity index (χ1) is 14.3. The van der Waals surface area contributed by atoms with Crippen LogP contribution in [0.25, 0.3) is 16.7 Å². The fourth-order valence-electron chi connectivity index (χ4n) is 3.93. The molecule has 156 valence electrons. The van der Waals surface area contributed by atoms with E-state index in [0.717, 1.165) is 54.4 Å². The molecule has 0 saturated carbocycles. The van der Waals surface area contributed by atoms with Gasteiger partial charge < -0.3 is 9.84 Å². The van der Waals surface area contributed by atoms with Crippen LogP contribution < -0.4 is 5.32 Å². The molecular weight excluding hydrogens is 400 g/mol. The molecule has 0 radical (unpaired) electrons. The highest BCUT2D eigenvalue weighted by atomic mass is 35.5. The number of imidazole rings is 1. The van der Waals surface area contributed by atoms with Gasteiger partial charge in [0.2, 0.25) is 5.89 Å². The van der Waals surface area contributed by atoms with Gasteiger partial charge in [0.15, 0.2) is 5.82 Å². The van der Waals surface area contributed by atoms with Crippen molar-refractivity contribution in [1.29, 1.82) is 0 Å². The zero-order valence-electron chi connectivity index (χ0n) is 16.9. The van der Waals surface area contributed by atoms with E-state index in [-0.39, 0.29) is 18.4 Å². The molecule has 2 aromatic heterocycles. The Morgan fingerprint density at radius 3 is 2.67 bits per heavy atom. The van der Waals surface area contributed by atoms with E-state index in [1.54, 1.807) is 0 Å². The number of aromatic nitrogens is 4. The third-order valence-corrected chi connectivity index (χ3v) is 5.50. The van der Waals surface area contributed by atoms with Crippen molar-refractivity contribution in [3.05, 3.63) is 72.1 Å². The number of nitrogens with zero attached hydrogens (tertiary/aromatic N) is 5. The third-order valence-electron chi connectivity index (χ3n) is 5.50. The summed E-state index contributed by atoms with van der Waals surface area (Å²) in [4.78, 5) is 11.8. The lowest BCUT2D eigenvalue weighted by atomic mass is 10.2. The zero-order valence-corrected chi connectivity index (χ0v) is 17.7. The quantitative estimate of drug-likeness (QED) is 0.530. The Labute approximate surface area is 181 Å². The van der Waals surface area contributed by atoms with Gasteiger partial charge >= 0.3 is 0 Å². The summed E-state index contributed by atoms with van der Waals surface area (Å²) >= 11 is 0. The summed E-state index contributed by atoms with van der Waals surface area (Å²) in [5.74, 6) is 2.41. The number of rotatable bonds is 5. The SMILES string of the molecule is CN1CCNCC1c1noc(CCc2nc3ccccc3n2-c2ccccc2)n1.Cl. The van der Waals surface area contributed by atoms with E-state index >= 15 is 0 Å². The molecule has 30 heavy (non-hydrogen) atoms. The highest BCUT2D eigenvalue weighted by Gasteiger charge is 2.25. The first kappa shape index (κ1) is 20.5. The maximum atomic E-state index is 5.56. The Kier molecular flexibility index (Phi) is 6.13. The van der Waals surface area contributed by atoms with E-state index in [0.29, 0.717) is 12.3 Å². The van der Waals surface area contributed by atoms with Crippen molar-refractivity contribution in [3.8, 4) is 5.69 Å². The van der Waals surface area contributed by atoms with Crippen LogP contribution in [0.4, 0.5) is 0 Å². The molecule has 1 unspecified atom stereocenters. The molecule has 0 aliphatic carbocycles. The lowest BCUT2D eigenvalue weighted by Crippen LogP contribution is -2.44. The number of likely N-dealkylation sites (N-methyl/N-ethyl adjacent to an activating group) is 1. The smallest absolute Gasteiger partial charge is 0.227 e. The van der Waals surface area contributed by atoms with Crippen LogP contribution in [-0.4, -0.2) is 51.3 Å². The van der Waals surface area contributed by atoms with Crippen molar-refractivity contribution in [2.45, 2.75) is 18.9 Å². The van der Waals surface area contributed by atoms with Crippen molar-refractivity contribution in [1.82, 2.24) is 29.9 Å². The van der Waals surface area contributed by atoms with Crippen LogP contribution in [0.15, 0.2) is 59.1 Å². The van der Waals surface area contributed by atoms with Crippen molar-refractivity contribution in [3.63, 3.8) is 0 Å². The molecule has 1 aliphatic rings. The standard InChI is InChI=1S/C22H24N6O.ClH/c1-27-14-13-23-15-19(27)22-25-21(29-26-22)12-11-20-24-17-9-5-6-10-18(17)28(20)16-7-3-2-4-8-16;/h2-10,19,23H,11-15H2,1H3;1H. The van der Waals surface area contributed by atoms with Gasteiger partial charge in [0.05, 0.1) is 17.1 Å². The Bertz CT molecular complexity index is 1110. The Morgan fingerprint density at radius 2 is 1.83 bits per heavy atom. The summed E-state index contributed by atoms with van der Waals surface area (Å²) in [6, 6.07) is 18.7. The van der Waals surface area contributed by atoms with Gasteiger partial charge in [-0.2, -0.15) is 4.98 Å². The average molecular weight is 425 g/mol. The molecule has 4 aromatic rings. The number of para-hydroxylation sites is 3. The van der Waals surface area contributed by atoms with Crippen molar-refractivity contribution in [2.24, 2.45) is 0 Å². The molecule has 1 N–H and O–H groups in total. The molecule has 1 fully saturated rings. The normalized spacial score (nSPS) is 17.2. The number of fused-ring (bicyclic) bond motifs is 1. The number of nitrogens with one attached hydrogen (secondary N) is 1. The minimum Gasteiger partial charge on any atom is -0.339 e. The van der Waals surface area contributed by atoms with Crippen molar-refractivity contribution in [2.75, 3.05) is 26.7 Å². The maximum Gasteiger partial charge on any atom is 0.227 e. The monoisotopic (exact) mass is 424 g/mol. The lowest BCUT2D eigenvalue weighted by molar-refractivity contribution is 0.190. The van der Waals surface area contributed by atoms with Crippen LogP contribution in [0.5, 0.6) is 0 Å². The van der Waals surface area contributed by atoms with Gasteiger partial charge in [-0.25, -0.2) is 4.98 Å². The Balaban J connectivity index is 0.00000218. The molecule has 0 spiro atoms. The van der Waals surface area contributed by atoms with Gasteiger partial charge in [-0.05, 0) is 31.3 Å². The predicted molar refractivity (Wildman–Crippen MR) is 118 cm³/mol. The summed E-state index contributed by atoms with van der Waals surface area (Å²) in [6.07, 6.45) is 1.39. The minimum absolute atomic E-state index is 0. The molecule has 0 amide bonds. The molecule has 5 rings (SSSR count). The molecule has 0 bridgehead atoms. The van der Waals surface area contributed by atoms with Gasteiger partial charge in [-0.3, -0.25) is 9.47 Å². The van der Waals surface area contributed by atoms with E-state index < -0.39 is 0 Å². The van der Waals surface area contributed by atoms with Crippen LogP contribution >= 0.6 is 12.4 Å². The van der Waals surface area contributed by atoms with Crippen molar-refractivity contribution >= 4 is 23.4 Å². The Morgan fingerprint density at radius 1 is 1.03 bits per heavy atom. The molecular formula is C22H25ClN6O. The van der Waals surface area contributed by atoms with Gasteiger partial charge in [0, 0.05) is 38.2 Å². The largest absolute Gasteiger partial charge is 0.339 e. The molecule has 8 heteroatoms. The molecule has 2 aromatic carbocycles. The topological polar surface area (TPSA) is 72.0 Å². The summed E-state index contributed by atoms with van der Waals surface area (Å²) in [6.45, 7) is 2.82. The second kappa shape index (κ2) is 8.95. The summed E-state index contributed by atoms with van der Waals surface area (Å²) in [7, 11) is 2.10. The van der Waals surface area contributed by atoms with Gasteiger partial charge in [-0.15, -0.1) is 12.4 Å². The average Bonchev–Trinajstić information content (AvgIpc) is 3.37. The molecule has 3 heterocycles. The van der Waals surface area contributed by atoms with E-state index in [1.165, 1.54) is 0 Å². The number of halogens is 1. The number of hydrogen-bond donors (Lipinski definition) is 1. The number of hydrogen-bond acceptors (Lipinski definition) is 6. The van der Waals surface area contributed by atoms with Gasteiger partial charge in [0.1, 0.15) is 5.82 Å². The van der Waals surface area contributed by atoms with Gasteiger partial charge in [-0.1, -0.05) is 35.5 Å². The lowest BCUT2D eigenvalue weighted by Gasteiger charge is -2.30. The van der Waals surface area contributed by atoms with E-state index in [1.807, 2.05) is 30.3 Å². The fourth-order valence-corrected chi connectivity index (χ4v) is 3.93. The van der Waals surface area contributed by atoms with E-state index in [4.69, 9.17) is 9.51 Å².